The Morgan fingerprint density at radius 1 is 1.67 bits per heavy atom. The maximum atomic E-state index is 5.67. The van der Waals surface area contributed by atoms with Gasteiger partial charge in [0.1, 0.15) is 0 Å². The van der Waals surface area contributed by atoms with E-state index in [1.807, 2.05) is 0 Å². The van der Waals surface area contributed by atoms with Gasteiger partial charge in [0.2, 0.25) is 0 Å². The van der Waals surface area contributed by atoms with Crippen molar-refractivity contribution in [1.29, 1.82) is 0 Å². The monoisotopic (exact) mass is 190 g/mol. The zero-order valence-electron chi connectivity index (χ0n) is 7.66. The molecule has 12 heavy (non-hydrogen) atoms. The minimum Gasteiger partial charge on any atom is -0.379 e. The van der Waals surface area contributed by atoms with E-state index >= 15 is 0 Å². The summed E-state index contributed by atoms with van der Waals surface area (Å²) in [6.45, 7) is 4.66. The summed E-state index contributed by atoms with van der Waals surface area (Å²) in [4.78, 5) is 0. The number of hydrogen-bond acceptors (Lipinski definition) is 3. The molecule has 72 valence electrons. The first-order chi connectivity index (χ1) is 5.86. The summed E-state index contributed by atoms with van der Waals surface area (Å²) >= 11 is 4.26. The van der Waals surface area contributed by atoms with Gasteiger partial charge in [0.05, 0.1) is 19.3 Å². The Balaban J connectivity index is 2.06. The van der Waals surface area contributed by atoms with E-state index in [9.17, 15) is 0 Å². The molecular formula is C9H18O2S. The molecule has 0 aromatic carbocycles. The van der Waals surface area contributed by atoms with E-state index < -0.39 is 0 Å². The van der Waals surface area contributed by atoms with Crippen LogP contribution in [0.2, 0.25) is 0 Å². The van der Waals surface area contributed by atoms with E-state index in [1.54, 1.807) is 0 Å². The largest absolute Gasteiger partial charge is 0.379 e. The molecule has 1 aliphatic rings. The quantitative estimate of drug-likeness (QED) is 0.666. The van der Waals surface area contributed by atoms with Gasteiger partial charge in [-0.3, -0.25) is 0 Å². The molecule has 1 rings (SSSR count). The molecule has 1 fully saturated rings. The van der Waals surface area contributed by atoms with Crippen LogP contribution < -0.4 is 0 Å². The highest BCUT2D eigenvalue weighted by molar-refractivity contribution is 7.80. The van der Waals surface area contributed by atoms with Crippen LogP contribution in [-0.2, 0) is 9.47 Å². The first-order valence-electron chi connectivity index (χ1n) is 4.67. The molecule has 0 amide bonds. The lowest BCUT2D eigenvalue weighted by molar-refractivity contribution is 0.0253. The van der Waals surface area contributed by atoms with E-state index in [1.165, 1.54) is 0 Å². The van der Waals surface area contributed by atoms with Crippen molar-refractivity contribution in [1.82, 2.24) is 0 Å². The lowest BCUT2D eigenvalue weighted by Crippen LogP contribution is -2.18. The van der Waals surface area contributed by atoms with Crippen molar-refractivity contribution in [2.75, 3.05) is 25.6 Å². The molecule has 1 aliphatic heterocycles. The number of rotatable bonds is 5. The Hall–Kier alpha value is 0.270. The number of ether oxygens (including phenoxy) is 2. The molecular weight excluding hydrogens is 172 g/mol. The molecule has 0 N–H and O–H groups in total. The van der Waals surface area contributed by atoms with Crippen molar-refractivity contribution in [2.24, 2.45) is 5.92 Å². The van der Waals surface area contributed by atoms with E-state index in [4.69, 9.17) is 9.47 Å². The molecule has 2 nitrogen and oxygen atoms in total. The van der Waals surface area contributed by atoms with Crippen LogP contribution in [0.3, 0.4) is 0 Å². The van der Waals surface area contributed by atoms with Gasteiger partial charge in [-0.2, -0.15) is 12.6 Å². The molecule has 0 saturated carbocycles. The summed E-state index contributed by atoms with van der Waals surface area (Å²) in [5.41, 5.74) is 0. The second kappa shape index (κ2) is 5.84. The lowest BCUT2D eigenvalue weighted by Gasteiger charge is -2.15. The molecule has 0 aromatic rings. The van der Waals surface area contributed by atoms with E-state index in [-0.39, 0.29) is 0 Å². The molecule has 1 heterocycles. The average molecular weight is 190 g/mol. The molecule has 1 saturated heterocycles. The minimum absolute atomic E-state index is 0.346. The predicted octanol–water partition coefficient (Wildman–Crippen LogP) is 1.75. The Bertz CT molecular complexity index is 107. The minimum atomic E-state index is 0.346. The highest BCUT2D eigenvalue weighted by Crippen LogP contribution is 2.12. The van der Waals surface area contributed by atoms with Crippen LogP contribution in [0.15, 0.2) is 0 Å². The van der Waals surface area contributed by atoms with Gasteiger partial charge in [-0.05, 0) is 18.1 Å². The van der Waals surface area contributed by atoms with Gasteiger partial charge < -0.3 is 9.47 Å². The second-order valence-corrected chi connectivity index (χ2v) is 3.64. The van der Waals surface area contributed by atoms with Crippen molar-refractivity contribution >= 4 is 12.6 Å². The SMILES string of the molecule is CCC(CS)COC1CCOC1. The molecule has 0 bridgehead atoms. The smallest absolute Gasteiger partial charge is 0.0830 e. The van der Waals surface area contributed by atoms with E-state index in [0.29, 0.717) is 12.0 Å². The summed E-state index contributed by atoms with van der Waals surface area (Å²) < 4.78 is 10.9. The standard InChI is InChI=1S/C9H18O2S/c1-2-8(7-12)5-11-9-3-4-10-6-9/h8-9,12H,2-7H2,1H3. The van der Waals surface area contributed by atoms with Crippen molar-refractivity contribution in [2.45, 2.75) is 25.9 Å². The van der Waals surface area contributed by atoms with E-state index in [2.05, 4.69) is 19.6 Å². The first-order valence-corrected chi connectivity index (χ1v) is 5.30. The van der Waals surface area contributed by atoms with Crippen molar-refractivity contribution in [3.63, 3.8) is 0 Å². The molecule has 2 unspecified atom stereocenters. The normalized spacial score (nSPS) is 26.0. The topological polar surface area (TPSA) is 18.5 Å². The zero-order chi connectivity index (χ0) is 8.81. The highest BCUT2D eigenvalue weighted by Gasteiger charge is 2.17. The zero-order valence-corrected chi connectivity index (χ0v) is 8.56. The van der Waals surface area contributed by atoms with Crippen LogP contribution in [0.25, 0.3) is 0 Å². The summed E-state index contributed by atoms with van der Waals surface area (Å²) in [5, 5.41) is 0. The molecule has 2 atom stereocenters. The van der Waals surface area contributed by atoms with Gasteiger partial charge in [-0.25, -0.2) is 0 Å². The third kappa shape index (κ3) is 3.33. The Kier molecular flexibility index (Phi) is 5.04. The fraction of sp³-hybridized carbons (Fsp3) is 1.00. The average Bonchev–Trinajstić information content (AvgIpc) is 2.59. The Morgan fingerprint density at radius 3 is 3.00 bits per heavy atom. The van der Waals surface area contributed by atoms with Gasteiger partial charge in [0.25, 0.3) is 0 Å². The van der Waals surface area contributed by atoms with Crippen LogP contribution in [0, 0.1) is 5.92 Å². The van der Waals surface area contributed by atoms with Crippen molar-refractivity contribution < 1.29 is 9.47 Å². The summed E-state index contributed by atoms with van der Waals surface area (Å²) in [7, 11) is 0. The van der Waals surface area contributed by atoms with Gasteiger partial charge in [0, 0.05) is 6.61 Å². The summed E-state index contributed by atoms with van der Waals surface area (Å²) in [6.07, 6.45) is 2.55. The molecule has 0 aliphatic carbocycles. The molecule has 3 heteroatoms. The van der Waals surface area contributed by atoms with Gasteiger partial charge in [-0.1, -0.05) is 13.3 Å². The third-order valence-electron chi connectivity index (χ3n) is 2.29. The molecule has 0 aromatic heterocycles. The molecule has 0 spiro atoms. The maximum Gasteiger partial charge on any atom is 0.0830 e. The summed E-state index contributed by atoms with van der Waals surface area (Å²) in [5.74, 6) is 1.53. The van der Waals surface area contributed by atoms with Gasteiger partial charge >= 0.3 is 0 Å². The van der Waals surface area contributed by atoms with Crippen molar-refractivity contribution in [3.8, 4) is 0 Å². The second-order valence-electron chi connectivity index (χ2n) is 3.28. The lowest BCUT2D eigenvalue weighted by atomic mass is 10.1. The van der Waals surface area contributed by atoms with Crippen LogP contribution in [-0.4, -0.2) is 31.7 Å². The highest BCUT2D eigenvalue weighted by atomic mass is 32.1. The van der Waals surface area contributed by atoms with Crippen LogP contribution in [0.4, 0.5) is 0 Å². The van der Waals surface area contributed by atoms with Crippen LogP contribution in [0.5, 0.6) is 0 Å². The Morgan fingerprint density at radius 2 is 2.50 bits per heavy atom. The fourth-order valence-corrected chi connectivity index (χ4v) is 1.58. The fourth-order valence-electron chi connectivity index (χ4n) is 1.22. The van der Waals surface area contributed by atoms with Crippen LogP contribution in [0.1, 0.15) is 19.8 Å². The number of hydrogen-bond donors (Lipinski definition) is 1. The number of thiol groups is 1. The van der Waals surface area contributed by atoms with Gasteiger partial charge in [-0.15, -0.1) is 0 Å². The summed E-state index contributed by atoms with van der Waals surface area (Å²) in [6, 6.07) is 0. The molecule has 0 radical (unpaired) electrons. The predicted molar refractivity (Wildman–Crippen MR) is 52.8 cm³/mol. The van der Waals surface area contributed by atoms with Crippen molar-refractivity contribution in [3.05, 3.63) is 0 Å². The van der Waals surface area contributed by atoms with Gasteiger partial charge in [0.15, 0.2) is 0 Å². The maximum absolute atomic E-state index is 5.67. The van der Waals surface area contributed by atoms with Crippen LogP contribution >= 0.6 is 12.6 Å². The Labute approximate surface area is 80.0 Å². The van der Waals surface area contributed by atoms with E-state index in [0.717, 1.165) is 38.4 Å². The third-order valence-corrected chi connectivity index (χ3v) is 2.81. The first kappa shape index (κ1) is 10.4.